The first kappa shape index (κ1) is 26.3. The van der Waals surface area contributed by atoms with Crippen molar-refractivity contribution in [2.24, 2.45) is 0 Å². The third-order valence-corrected chi connectivity index (χ3v) is 7.43. The molecule has 2 aromatic heterocycles. The fourth-order valence-corrected chi connectivity index (χ4v) is 5.44. The molecular formula is C33H28N4O3S. The standard InChI is InChI=1S/C33H28N4O3S/c1-22-8-16-26(17-9-22)40-27-18-14-25(15-19-27)37-31(30(35-33(37)41)28-6-3-4-20-34-28)29-7-5-21-36(29)24-12-10-23(11-13-24)32(38)39-2/h3-21,30-31H,1-2H3,(H,35,41)/t30-,31-/m0/s1. The Balaban J connectivity index is 1.37. The van der Waals surface area contributed by atoms with Crippen LogP contribution in [0.15, 0.2) is 116 Å². The monoisotopic (exact) mass is 560 g/mol. The molecular weight excluding hydrogens is 532 g/mol. The van der Waals surface area contributed by atoms with E-state index in [9.17, 15) is 4.79 Å². The minimum atomic E-state index is -0.370. The van der Waals surface area contributed by atoms with Gasteiger partial charge in [0.15, 0.2) is 5.11 Å². The summed E-state index contributed by atoms with van der Waals surface area (Å²) < 4.78 is 13.0. The van der Waals surface area contributed by atoms with E-state index in [-0.39, 0.29) is 18.1 Å². The molecule has 0 spiro atoms. The summed E-state index contributed by atoms with van der Waals surface area (Å²) in [5.41, 5.74) is 5.41. The largest absolute Gasteiger partial charge is 0.465 e. The number of aromatic nitrogens is 2. The van der Waals surface area contributed by atoms with Crippen molar-refractivity contribution in [1.82, 2.24) is 14.9 Å². The maximum Gasteiger partial charge on any atom is 0.337 e. The van der Waals surface area contributed by atoms with Crippen LogP contribution in [0.5, 0.6) is 11.5 Å². The van der Waals surface area contributed by atoms with Crippen molar-refractivity contribution in [3.8, 4) is 17.2 Å². The van der Waals surface area contributed by atoms with E-state index in [1.807, 2.05) is 98.0 Å². The Morgan fingerprint density at radius 3 is 2.20 bits per heavy atom. The number of anilines is 1. The summed E-state index contributed by atoms with van der Waals surface area (Å²) in [4.78, 5) is 18.8. The Labute approximate surface area is 244 Å². The van der Waals surface area contributed by atoms with Gasteiger partial charge in [0.2, 0.25) is 0 Å². The number of hydrogen-bond acceptors (Lipinski definition) is 5. The molecule has 1 aliphatic heterocycles. The van der Waals surface area contributed by atoms with Gasteiger partial charge in [0.1, 0.15) is 17.5 Å². The van der Waals surface area contributed by atoms with Gasteiger partial charge in [-0.05, 0) is 104 Å². The van der Waals surface area contributed by atoms with Gasteiger partial charge in [-0.25, -0.2) is 4.79 Å². The highest BCUT2D eigenvalue weighted by atomic mass is 32.1. The summed E-state index contributed by atoms with van der Waals surface area (Å²) in [6.45, 7) is 2.05. The zero-order valence-corrected chi connectivity index (χ0v) is 23.4. The Kier molecular flexibility index (Phi) is 7.22. The number of thiocarbonyl (C=S) groups is 1. The lowest BCUT2D eigenvalue weighted by molar-refractivity contribution is 0.0600. The predicted molar refractivity (Wildman–Crippen MR) is 163 cm³/mol. The molecule has 0 saturated carbocycles. The molecule has 0 radical (unpaired) electrons. The summed E-state index contributed by atoms with van der Waals surface area (Å²) in [6, 6.07) is 32.9. The van der Waals surface area contributed by atoms with Crippen LogP contribution in [0.1, 0.15) is 39.4 Å². The summed E-state index contributed by atoms with van der Waals surface area (Å²) in [5.74, 6) is 1.15. The van der Waals surface area contributed by atoms with E-state index in [4.69, 9.17) is 21.7 Å². The van der Waals surface area contributed by atoms with Crippen LogP contribution < -0.4 is 15.0 Å². The number of hydrogen-bond donors (Lipinski definition) is 1. The maximum absolute atomic E-state index is 12.0. The lowest BCUT2D eigenvalue weighted by Gasteiger charge is -2.29. The Morgan fingerprint density at radius 1 is 0.854 bits per heavy atom. The van der Waals surface area contributed by atoms with Crippen LogP contribution in [-0.2, 0) is 4.74 Å². The van der Waals surface area contributed by atoms with Crippen LogP contribution in [0, 0.1) is 6.92 Å². The maximum atomic E-state index is 12.0. The molecule has 0 amide bonds. The van der Waals surface area contributed by atoms with E-state index in [0.717, 1.165) is 34.3 Å². The van der Waals surface area contributed by atoms with Gasteiger partial charge in [-0.3, -0.25) is 4.98 Å². The first-order valence-corrected chi connectivity index (χ1v) is 13.6. The molecule has 6 rings (SSSR count). The van der Waals surface area contributed by atoms with Crippen LogP contribution in [0.4, 0.5) is 5.69 Å². The van der Waals surface area contributed by atoms with Crippen molar-refractivity contribution >= 4 is 29.0 Å². The summed E-state index contributed by atoms with van der Waals surface area (Å²) in [7, 11) is 1.38. The molecule has 1 N–H and O–H groups in total. The van der Waals surface area contributed by atoms with Gasteiger partial charge in [-0.2, -0.15) is 0 Å². The average molecular weight is 561 g/mol. The van der Waals surface area contributed by atoms with E-state index in [1.54, 1.807) is 18.3 Å². The van der Waals surface area contributed by atoms with Gasteiger partial charge in [-0.15, -0.1) is 0 Å². The predicted octanol–water partition coefficient (Wildman–Crippen LogP) is 6.94. The molecule has 0 bridgehead atoms. The molecule has 2 atom stereocenters. The quantitative estimate of drug-likeness (QED) is 0.171. The zero-order valence-electron chi connectivity index (χ0n) is 22.6. The molecule has 41 heavy (non-hydrogen) atoms. The molecule has 1 aliphatic rings. The Morgan fingerprint density at radius 2 is 1.54 bits per heavy atom. The molecule has 0 aliphatic carbocycles. The fourth-order valence-electron chi connectivity index (χ4n) is 5.10. The first-order chi connectivity index (χ1) is 20.0. The van der Waals surface area contributed by atoms with Gasteiger partial charge in [-0.1, -0.05) is 23.8 Å². The smallest absolute Gasteiger partial charge is 0.337 e. The van der Waals surface area contributed by atoms with Crippen molar-refractivity contribution in [3.63, 3.8) is 0 Å². The molecule has 7 nitrogen and oxygen atoms in total. The number of pyridine rings is 1. The summed E-state index contributed by atoms with van der Waals surface area (Å²) in [5, 5.41) is 4.12. The van der Waals surface area contributed by atoms with E-state index in [1.165, 1.54) is 12.7 Å². The van der Waals surface area contributed by atoms with Crippen LogP contribution in [0.25, 0.3) is 5.69 Å². The summed E-state index contributed by atoms with van der Waals surface area (Å²) >= 11 is 5.91. The summed E-state index contributed by atoms with van der Waals surface area (Å²) in [6.07, 6.45) is 3.80. The lowest BCUT2D eigenvalue weighted by atomic mass is 10.0. The Bertz CT molecular complexity index is 1670. The Hall–Kier alpha value is -4.95. The molecule has 204 valence electrons. The third kappa shape index (κ3) is 5.29. The zero-order chi connectivity index (χ0) is 28.3. The van der Waals surface area contributed by atoms with Crippen molar-refractivity contribution in [1.29, 1.82) is 0 Å². The van der Waals surface area contributed by atoms with Crippen molar-refractivity contribution in [3.05, 3.63) is 138 Å². The molecule has 0 unspecified atom stereocenters. The second-order valence-electron chi connectivity index (χ2n) is 9.75. The minimum absolute atomic E-state index is 0.199. The topological polar surface area (TPSA) is 68.6 Å². The van der Waals surface area contributed by atoms with Crippen LogP contribution >= 0.6 is 12.2 Å². The number of nitrogens with one attached hydrogen (secondary N) is 1. The third-order valence-electron chi connectivity index (χ3n) is 7.12. The van der Waals surface area contributed by atoms with Crippen molar-refractivity contribution < 1.29 is 14.3 Å². The number of ether oxygens (including phenoxy) is 2. The molecule has 1 fully saturated rings. The van der Waals surface area contributed by atoms with E-state index >= 15 is 0 Å². The number of aryl methyl sites for hydroxylation is 1. The number of carbonyl (C=O) groups excluding carboxylic acids is 1. The van der Waals surface area contributed by atoms with Crippen molar-refractivity contribution in [2.45, 2.75) is 19.0 Å². The second kappa shape index (κ2) is 11.3. The average Bonchev–Trinajstić information content (AvgIpc) is 3.63. The number of nitrogens with zero attached hydrogens (tertiary/aromatic N) is 3. The molecule has 1 saturated heterocycles. The number of carbonyl (C=O) groups is 1. The highest BCUT2D eigenvalue weighted by Gasteiger charge is 2.42. The number of methoxy groups -OCH3 is 1. The first-order valence-electron chi connectivity index (χ1n) is 13.2. The molecule has 5 aromatic rings. The van der Waals surface area contributed by atoms with Crippen LogP contribution in [-0.4, -0.2) is 27.7 Å². The highest BCUT2D eigenvalue weighted by molar-refractivity contribution is 7.80. The van der Waals surface area contributed by atoms with Crippen LogP contribution in [0.2, 0.25) is 0 Å². The normalized spacial score (nSPS) is 16.3. The minimum Gasteiger partial charge on any atom is -0.465 e. The SMILES string of the molecule is COC(=O)c1ccc(-n2cccc2[C@H]2[C@H](c3ccccn3)NC(=S)N2c2ccc(Oc3ccc(C)cc3)cc2)cc1. The van der Waals surface area contributed by atoms with E-state index in [0.29, 0.717) is 10.7 Å². The fraction of sp³-hybridized carbons (Fsp3) is 0.121. The molecule has 3 heterocycles. The number of rotatable bonds is 7. The van der Waals surface area contributed by atoms with E-state index in [2.05, 4.69) is 25.8 Å². The van der Waals surface area contributed by atoms with E-state index < -0.39 is 0 Å². The number of benzene rings is 3. The van der Waals surface area contributed by atoms with Crippen LogP contribution in [0.3, 0.4) is 0 Å². The van der Waals surface area contributed by atoms with Gasteiger partial charge in [0.25, 0.3) is 0 Å². The second-order valence-corrected chi connectivity index (χ2v) is 10.1. The molecule has 3 aromatic carbocycles. The molecule has 8 heteroatoms. The van der Waals surface area contributed by atoms with Gasteiger partial charge < -0.3 is 24.3 Å². The van der Waals surface area contributed by atoms with Gasteiger partial charge in [0, 0.05) is 29.5 Å². The van der Waals surface area contributed by atoms with Gasteiger partial charge >= 0.3 is 5.97 Å². The highest BCUT2D eigenvalue weighted by Crippen LogP contribution is 2.42. The number of esters is 1. The van der Waals surface area contributed by atoms with Crippen molar-refractivity contribution in [2.75, 3.05) is 12.0 Å². The van der Waals surface area contributed by atoms with Gasteiger partial charge in [0.05, 0.1) is 24.4 Å². The lowest BCUT2D eigenvalue weighted by Crippen LogP contribution is -2.30.